The van der Waals surface area contributed by atoms with Crippen LogP contribution in [0.4, 0.5) is 0 Å². The van der Waals surface area contributed by atoms with Crippen molar-refractivity contribution in [2.24, 2.45) is 4.99 Å². The van der Waals surface area contributed by atoms with Gasteiger partial charge in [0.15, 0.2) is 4.80 Å². The van der Waals surface area contributed by atoms with Crippen molar-refractivity contribution in [3.63, 3.8) is 0 Å². The molecule has 4 aromatic rings. The summed E-state index contributed by atoms with van der Waals surface area (Å²) in [6.07, 6.45) is 2.34. The molecule has 0 N–H and O–H groups in total. The first-order valence-corrected chi connectivity index (χ1v) is 10.7. The van der Waals surface area contributed by atoms with Crippen LogP contribution >= 0.6 is 11.3 Å². The number of benzene rings is 3. The van der Waals surface area contributed by atoms with E-state index in [1.165, 1.54) is 15.8 Å². The molecule has 0 radical (unpaired) electrons. The number of hydrogen-bond acceptors (Lipinski definition) is 2. The van der Waals surface area contributed by atoms with Crippen LogP contribution in [0.1, 0.15) is 31.4 Å². The number of rotatable bonds is 5. The number of hydrogen-bond donors (Lipinski definition) is 0. The highest BCUT2D eigenvalue weighted by molar-refractivity contribution is 7.16. The summed E-state index contributed by atoms with van der Waals surface area (Å²) in [7, 11) is 0. The number of thiazole rings is 1. The standard InChI is InChI=1S/C24H24N2OS/c1-3-14-26-21-13-12-17(4-2)15-22(21)28-24(26)25-23(27)16-19-10-7-9-18-8-5-6-11-20(18)19/h5-13,15H,3-4,14,16H2,1-2H3. The fraction of sp³-hybridized carbons (Fsp3) is 0.250. The predicted octanol–water partition coefficient (Wildman–Crippen LogP) is 5.50. The summed E-state index contributed by atoms with van der Waals surface area (Å²) in [5.74, 6) is -0.0940. The first kappa shape index (κ1) is 18.6. The minimum Gasteiger partial charge on any atom is -0.316 e. The molecule has 1 amide bonds. The van der Waals surface area contributed by atoms with Gasteiger partial charge in [0, 0.05) is 6.54 Å². The van der Waals surface area contributed by atoms with Crippen molar-refractivity contribution in [1.29, 1.82) is 0 Å². The second-order valence-electron chi connectivity index (χ2n) is 7.01. The fourth-order valence-electron chi connectivity index (χ4n) is 3.62. The molecule has 1 aromatic heterocycles. The zero-order valence-electron chi connectivity index (χ0n) is 16.3. The summed E-state index contributed by atoms with van der Waals surface area (Å²) in [6.45, 7) is 5.18. The Bertz CT molecular complexity index is 1210. The Morgan fingerprint density at radius 3 is 2.68 bits per heavy atom. The Morgan fingerprint density at radius 2 is 1.86 bits per heavy atom. The van der Waals surface area contributed by atoms with E-state index in [4.69, 9.17) is 0 Å². The lowest BCUT2D eigenvalue weighted by Crippen LogP contribution is -2.17. The smallest absolute Gasteiger partial charge is 0.252 e. The molecule has 4 heteroatoms. The fourth-order valence-corrected chi connectivity index (χ4v) is 4.76. The van der Waals surface area contributed by atoms with Crippen molar-refractivity contribution < 1.29 is 4.79 Å². The van der Waals surface area contributed by atoms with Gasteiger partial charge in [-0.1, -0.05) is 73.7 Å². The predicted molar refractivity (Wildman–Crippen MR) is 118 cm³/mol. The van der Waals surface area contributed by atoms with Crippen LogP contribution in [-0.4, -0.2) is 10.5 Å². The van der Waals surface area contributed by atoms with Gasteiger partial charge in [0.25, 0.3) is 5.91 Å². The first-order chi connectivity index (χ1) is 13.7. The molecule has 3 aromatic carbocycles. The molecule has 0 aliphatic heterocycles. The van der Waals surface area contributed by atoms with Gasteiger partial charge in [0.1, 0.15) is 0 Å². The van der Waals surface area contributed by atoms with E-state index in [1.54, 1.807) is 11.3 Å². The molecule has 0 saturated carbocycles. The maximum atomic E-state index is 12.8. The van der Waals surface area contributed by atoms with E-state index in [0.29, 0.717) is 6.42 Å². The Balaban J connectivity index is 1.74. The van der Waals surface area contributed by atoms with Crippen molar-refractivity contribution in [1.82, 2.24) is 4.57 Å². The molecule has 3 nitrogen and oxygen atoms in total. The topological polar surface area (TPSA) is 34.4 Å². The molecule has 0 unspecified atom stereocenters. The second-order valence-corrected chi connectivity index (χ2v) is 8.02. The van der Waals surface area contributed by atoms with Crippen LogP contribution in [0, 0.1) is 0 Å². The number of carbonyl (C=O) groups excluding carboxylic acids is 1. The van der Waals surface area contributed by atoms with Crippen LogP contribution in [-0.2, 0) is 24.2 Å². The van der Waals surface area contributed by atoms with Gasteiger partial charge in [0.05, 0.1) is 16.6 Å². The van der Waals surface area contributed by atoms with E-state index < -0.39 is 0 Å². The average Bonchev–Trinajstić information content (AvgIpc) is 3.04. The molecule has 0 saturated heterocycles. The third kappa shape index (κ3) is 3.65. The molecule has 0 spiro atoms. The number of amides is 1. The van der Waals surface area contributed by atoms with Gasteiger partial charge >= 0.3 is 0 Å². The molecule has 0 atom stereocenters. The molecule has 0 bridgehead atoms. The number of fused-ring (bicyclic) bond motifs is 2. The maximum absolute atomic E-state index is 12.8. The summed E-state index contributed by atoms with van der Waals surface area (Å²) < 4.78 is 3.38. The monoisotopic (exact) mass is 388 g/mol. The van der Waals surface area contributed by atoms with Crippen molar-refractivity contribution in [3.8, 4) is 0 Å². The average molecular weight is 389 g/mol. The molecular weight excluding hydrogens is 364 g/mol. The highest BCUT2D eigenvalue weighted by Gasteiger charge is 2.10. The molecule has 1 heterocycles. The summed E-state index contributed by atoms with van der Waals surface area (Å²) in [5, 5.41) is 2.28. The van der Waals surface area contributed by atoms with Gasteiger partial charge in [-0.2, -0.15) is 4.99 Å². The van der Waals surface area contributed by atoms with Crippen LogP contribution in [0.2, 0.25) is 0 Å². The molecule has 0 aliphatic rings. The van der Waals surface area contributed by atoms with Crippen molar-refractivity contribution in [3.05, 3.63) is 76.6 Å². The van der Waals surface area contributed by atoms with Gasteiger partial charge in [-0.25, -0.2) is 0 Å². The second kappa shape index (κ2) is 8.11. The molecule has 4 rings (SSSR count). The van der Waals surface area contributed by atoms with Gasteiger partial charge in [0.2, 0.25) is 0 Å². The SMILES string of the molecule is CCCn1c(=NC(=O)Cc2cccc3ccccc23)sc2cc(CC)ccc21. The summed E-state index contributed by atoms with van der Waals surface area (Å²) in [6, 6.07) is 20.8. The van der Waals surface area contributed by atoms with Crippen LogP contribution in [0.3, 0.4) is 0 Å². The zero-order chi connectivity index (χ0) is 19.5. The third-order valence-corrected chi connectivity index (χ3v) is 6.09. The van der Waals surface area contributed by atoms with Crippen molar-refractivity contribution in [2.75, 3.05) is 0 Å². The molecule has 0 fully saturated rings. The summed E-state index contributed by atoms with van der Waals surface area (Å²) >= 11 is 1.61. The quantitative estimate of drug-likeness (QED) is 0.445. The maximum Gasteiger partial charge on any atom is 0.252 e. The van der Waals surface area contributed by atoms with Crippen LogP contribution in [0.15, 0.2) is 65.7 Å². The largest absolute Gasteiger partial charge is 0.316 e. The van der Waals surface area contributed by atoms with Gasteiger partial charge in [-0.15, -0.1) is 0 Å². The van der Waals surface area contributed by atoms with E-state index in [2.05, 4.69) is 59.8 Å². The molecular formula is C24H24N2OS. The van der Waals surface area contributed by atoms with E-state index in [9.17, 15) is 4.79 Å². The third-order valence-electron chi connectivity index (χ3n) is 5.04. The Morgan fingerprint density at radius 1 is 1.04 bits per heavy atom. The summed E-state index contributed by atoms with van der Waals surface area (Å²) in [5.41, 5.74) is 3.51. The van der Waals surface area contributed by atoms with Gasteiger partial charge < -0.3 is 4.57 Å². The minimum absolute atomic E-state index is 0.0940. The lowest BCUT2D eigenvalue weighted by Gasteiger charge is -2.05. The Labute approximate surface area is 169 Å². The normalized spacial score (nSPS) is 12.1. The molecule has 28 heavy (non-hydrogen) atoms. The Hall–Kier alpha value is -2.72. The van der Waals surface area contributed by atoms with Gasteiger partial charge in [-0.3, -0.25) is 4.79 Å². The van der Waals surface area contributed by atoms with Crippen LogP contribution in [0.25, 0.3) is 21.0 Å². The highest BCUT2D eigenvalue weighted by Crippen LogP contribution is 2.21. The van der Waals surface area contributed by atoms with Gasteiger partial charge in [-0.05, 0) is 46.9 Å². The van der Waals surface area contributed by atoms with Crippen LogP contribution < -0.4 is 4.80 Å². The lowest BCUT2D eigenvalue weighted by atomic mass is 10.0. The van der Waals surface area contributed by atoms with E-state index >= 15 is 0 Å². The van der Waals surface area contributed by atoms with E-state index in [1.807, 2.05) is 24.3 Å². The number of aryl methyl sites for hydroxylation is 2. The molecule has 142 valence electrons. The van der Waals surface area contributed by atoms with E-state index in [-0.39, 0.29) is 5.91 Å². The van der Waals surface area contributed by atoms with E-state index in [0.717, 1.165) is 40.5 Å². The molecule has 0 aliphatic carbocycles. The zero-order valence-corrected chi connectivity index (χ0v) is 17.1. The first-order valence-electron chi connectivity index (χ1n) is 9.86. The highest BCUT2D eigenvalue weighted by atomic mass is 32.1. The lowest BCUT2D eigenvalue weighted by molar-refractivity contribution is -0.117. The van der Waals surface area contributed by atoms with Crippen LogP contribution in [0.5, 0.6) is 0 Å². The number of carbonyl (C=O) groups is 1. The number of nitrogens with zero attached hydrogens (tertiary/aromatic N) is 2. The Kier molecular flexibility index (Phi) is 5.40. The van der Waals surface area contributed by atoms with Crippen molar-refractivity contribution >= 4 is 38.2 Å². The number of aromatic nitrogens is 1. The summed E-state index contributed by atoms with van der Waals surface area (Å²) in [4.78, 5) is 18.1. The van der Waals surface area contributed by atoms with Crippen molar-refractivity contribution in [2.45, 2.75) is 39.7 Å². The minimum atomic E-state index is -0.0940.